The lowest BCUT2D eigenvalue weighted by atomic mass is 9.89. The van der Waals surface area contributed by atoms with E-state index in [1.54, 1.807) is 4.90 Å². The van der Waals surface area contributed by atoms with E-state index in [2.05, 4.69) is 6.08 Å². The predicted octanol–water partition coefficient (Wildman–Crippen LogP) is 2.38. The number of benzene rings is 1. The van der Waals surface area contributed by atoms with Crippen LogP contribution in [0.2, 0.25) is 0 Å². The van der Waals surface area contributed by atoms with Gasteiger partial charge in [0.15, 0.2) is 0 Å². The number of fused-ring (bicyclic) bond motifs is 1. The fraction of sp³-hybridized carbons (Fsp3) is 0.412. The van der Waals surface area contributed by atoms with Gasteiger partial charge in [0.05, 0.1) is 0 Å². The van der Waals surface area contributed by atoms with Crippen LogP contribution in [-0.2, 0) is 22.6 Å². The van der Waals surface area contributed by atoms with Crippen molar-refractivity contribution in [3.63, 3.8) is 0 Å². The zero-order valence-electron chi connectivity index (χ0n) is 11.9. The molecule has 1 aromatic rings. The van der Waals surface area contributed by atoms with Gasteiger partial charge in [0.1, 0.15) is 6.04 Å². The van der Waals surface area contributed by atoms with Gasteiger partial charge in [0.25, 0.3) is 0 Å². The second-order valence-corrected chi connectivity index (χ2v) is 5.77. The van der Waals surface area contributed by atoms with Crippen molar-refractivity contribution in [1.82, 2.24) is 4.90 Å². The molecule has 21 heavy (non-hydrogen) atoms. The quantitative estimate of drug-likeness (QED) is 0.849. The molecule has 0 saturated carbocycles. The molecular weight excluding hydrogens is 266 g/mol. The van der Waals surface area contributed by atoms with Crippen LogP contribution in [0.5, 0.6) is 0 Å². The van der Waals surface area contributed by atoms with Crippen LogP contribution in [0.15, 0.2) is 36.4 Å². The summed E-state index contributed by atoms with van der Waals surface area (Å²) in [6.45, 7) is 0.409. The van der Waals surface area contributed by atoms with E-state index in [0.717, 1.165) is 30.4 Å². The summed E-state index contributed by atoms with van der Waals surface area (Å²) >= 11 is 0. The van der Waals surface area contributed by atoms with Gasteiger partial charge in [-0.3, -0.25) is 4.79 Å². The second kappa shape index (κ2) is 5.72. The summed E-state index contributed by atoms with van der Waals surface area (Å²) in [5.41, 5.74) is 2.10. The first-order valence-electron chi connectivity index (χ1n) is 7.42. The number of carboxylic acid groups (broad SMARTS) is 1. The van der Waals surface area contributed by atoms with E-state index < -0.39 is 12.0 Å². The normalized spacial score (nSPS) is 24.5. The van der Waals surface area contributed by atoms with Crippen molar-refractivity contribution in [2.24, 2.45) is 5.92 Å². The molecule has 0 bridgehead atoms. The highest BCUT2D eigenvalue weighted by molar-refractivity contribution is 5.86. The minimum Gasteiger partial charge on any atom is -0.480 e. The first kappa shape index (κ1) is 13.9. The molecule has 1 aliphatic carbocycles. The molecule has 1 amide bonds. The number of rotatable bonds is 2. The van der Waals surface area contributed by atoms with E-state index in [4.69, 9.17) is 0 Å². The maximum Gasteiger partial charge on any atom is 0.326 e. The SMILES string of the molecule is O=C(O)[C@@H]1Cc2ccccc2CN1C(=O)C1CC=CCC1. The van der Waals surface area contributed by atoms with Crippen LogP contribution in [-0.4, -0.2) is 27.9 Å². The Morgan fingerprint density at radius 2 is 1.90 bits per heavy atom. The molecule has 1 unspecified atom stereocenters. The minimum atomic E-state index is -0.913. The average molecular weight is 285 g/mol. The lowest BCUT2D eigenvalue weighted by Crippen LogP contribution is -2.50. The highest BCUT2D eigenvalue weighted by Crippen LogP contribution is 2.28. The van der Waals surface area contributed by atoms with E-state index in [1.807, 2.05) is 30.3 Å². The van der Waals surface area contributed by atoms with E-state index in [-0.39, 0.29) is 11.8 Å². The van der Waals surface area contributed by atoms with Gasteiger partial charge in [-0.15, -0.1) is 0 Å². The zero-order valence-corrected chi connectivity index (χ0v) is 11.9. The molecule has 1 aliphatic heterocycles. The van der Waals surface area contributed by atoms with E-state index >= 15 is 0 Å². The van der Waals surface area contributed by atoms with Gasteiger partial charge in [0.2, 0.25) is 5.91 Å². The number of carbonyl (C=O) groups is 2. The average Bonchev–Trinajstić information content (AvgIpc) is 2.53. The maximum absolute atomic E-state index is 12.7. The molecule has 1 heterocycles. The van der Waals surface area contributed by atoms with Crippen LogP contribution < -0.4 is 0 Å². The highest BCUT2D eigenvalue weighted by atomic mass is 16.4. The monoisotopic (exact) mass is 285 g/mol. The molecule has 4 nitrogen and oxygen atoms in total. The van der Waals surface area contributed by atoms with Crippen molar-refractivity contribution in [1.29, 1.82) is 0 Å². The number of hydrogen-bond acceptors (Lipinski definition) is 2. The summed E-state index contributed by atoms with van der Waals surface area (Å²) in [4.78, 5) is 25.8. The Hall–Kier alpha value is -2.10. The van der Waals surface area contributed by atoms with Crippen LogP contribution >= 0.6 is 0 Å². The third kappa shape index (κ3) is 2.71. The molecule has 110 valence electrons. The molecular formula is C17H19NO3. The number of carbonyl (C=O) groups excluding carboxylic acids is 1. The molecule has 0 radical (unpaired) electrons. The Morgan fingerprint density at radius 1 is 1.14 bits per heavy atom. The minimum absolute atomic E-state index is 0.0127. The fourth-order valence-corrected chi connectivity index (χ4v) is 3.23. The van der Waals surface area contributed by atoms with Gasteiger partial charge in [-0.1, -0.05) is 36.4 Å². The summed E-state index contributed by atoms with van der Waals surface area (Å²) in [6.07, 6.45) is 6.96. The van der Waals surface area contributed by atoms with Gasteiger partial charge < -0.3 is 10.0 Å². The molecule has 3 rings (SSSR count). The zero-order chi connectivity index (χ0) is 14.8. The molecule has 1 aromatic carbocycles. The first-order valence-corrected chi connectivity index (χ1v) is 7.42. The largest absolute Gasteiger partial charge is 0.480 e. The topological polar surface area (TPSA) is 57.6 Å². The number of allylic oxidation sites excluding steroid dienone is 2. The van der Waals surface area contributed by atoms with Crippen molar-refractivity contribution in [3.8, 4) is 0 Å². The van der Waals surface area contributed by atoms with Crippen LogP contribution in [0.3, 0.4) is 0 Å². The van der Waals surface area contributed by atoms with Crippen molar-refractivity contribution in [3.05, 3.63) is 47.5 Å². The Morgan fingerprint density at radius 3 is 2.57 bits per heavy atom. The van der Waals surface area contributed by atoms with Gasteiger partial charge in [0, 0.05) is 18.9 Å². The number of nitrogens with zero attached hydrogens (tertiary/aromatic N) is 1. The highest BCUT2D eigenvalue weighted by Gasteiger charge is 2.37. The van der Waals surface area contributed by atoms with Crippen molar-refractivity contribution >= 4 is 11.9 Å². The number of carboxylic acids is 1. The van der Waals surface area contributed by atoms with E-state index in [0.29, 0.717) is 13.0 Å². The Labute approximate surface area is 124 Å². The van der Waals surface area contributed by atoms with Crippen molar-refractivity contribution in [2.75, 3.05) is 0 Å². The maximum atomic E-state index is 12.7. The molecule has 0 fully saturated rings. The number of aliphatic carboxylic acids is 1. The van der Waals surface area contributed by atoms with E-state index in [1.165, 1.54) is 0 Å². The summed E-state index contributed by atoms with van der Waals surface area (Å²) < 4.78 is 0. The first-order chi connectivity index (χ1) is 10.2. The molecule has 2 atom stereocenters. The molecule has 1 N–H and O–H groups in total. The molecule has 0 spiro atoms. The van der Waals surface area contributed by atoms with Crippen molar-refractivity contribution < 1.29 is 14.7 Å². The van der Waals surface area contributed by atoms with Crippen LogP contribution in [0.25, 0.3) is 0 Å². The van der Waals surface area contributed by atoms with Crippen LogP contribution in [0.4, 0.5) is 0 Å². The second-order valence-electron chi connectivity index (χ2n) is 5.77. The molecule has 2 aliphatic rings. The number of amides is 1. The van der Waals surface area contributed by atoms with Crippen molar-refractivity contribution in [2.45, 2.75) is 38.3 Å². The van der Waals surface area contributed by atoms with Gasteiger partial charge >= 0.3 is 5.97 Å². The predicted molar refractivity (Wildman–Crippen MR) is 78.6 cm³/mol. The van der Waals surface area contributed by atoms with Gasteiger partial charge in [-0.25, -0.2) is 4.79 Å². The summed E-state index contributed by atoms with van der Waals surface area (Å²) in [6, 6.07) is 7.05. The van der Waals surface area contributed by atoms with Crippen LogP contribution in [0.1, 0.15) is 30.4 Å². The fourth-order valence-electron chi connectivity index (χ4n) is 3.23. The Balaban J connectivity index is 1.87. The Bertz CT molecular complexity index is 593. The summed E-state index contributed by atoms with van der Waals surface area (Å²) in [7, 11) is 0. The lowest BCUT2D eigenvalue weighted by molar-refractivity contribution is -0.153. The number of hydrogen-bond donors (Lipinski definition) is 1. The third-order valence-electron chi connectivity index (χ3n) is 4.44. The van der Waals surface area contributed by atoms with E-state index in [9.17, 15) is 14.7 Å². The van der Waals surface area contributed by atoms with Gasteiger partial charge in [-0.2, -0.15) is 0 Å². The Kier molecular flexibility index (Phi) is 3.78. The van der Waals surface area contributed by atoms with Gasteiger partial charge in [-0.05, 0) is 30.4 Å². The molecule has 4 heteroatoms. The third-order valence-corrected chi connectivity index (χ3v) is 4.44. The molecule has 0 saturated heterocycles. The summed E-state index contributed by atoms with van der Waals surface area (Å²) in [5.74, 6) is -0.993. The van der Waals surface area contributed by atoms with Crippen LogP contribution in [0, 0.1) is 5.92 Å². The standard InChI is InChI=1S/C17H19NO3/c19-16(12-6-2-1-3-7-12)18-11-14-9-5-4-8-13(14)10-15(18)17(20)21/h1-2,4-5,8-9,12,15H,3,6-7,10-11H2,(H,20,21)/t12?,15-/m0/s1. The molecule has 0 aromatic heterocycles. The lowest BCUT2D eigenvalue weighted by Gasteiger charge is -2.36. The smallest absolute Gasteiger partial charge is 0.326 e. The summed E-state index contributed by atoms with van der Waals surface area (Å²) in [5, 5.41) is 9.47.